The maximum Gasteiger partial charge on any atom is 0.106 e. The normalized spacial score (nSPS) is 15.6. The van der Waals surface area contributed by atoms with Gasteiger partial charge in [0.05, 0.1) is 12.2 Å². The van der Waals surface area contributed by atoms with Crippen molar-refractivity contribution in [2.24, 2.45) is 0 Å². The summed E-state index contributed by atoms with van der Waals surface area (Å²) in [6, 6.07) is 2.38. The first-order valence-corrected chi connectivity index (χ1v) is 8.35. The molecule has 0 aliphatic heterocycles. The van der Waals surface area contributed by atoms with E-state index >= 15 is 0 Å². The van der Waals surface area contributed by atoms with E-state index in [0.29, 0.717) is 0 Å². The van der Waals surface area contributed by atoms with Gasteiger partial charge in [0.25, 0.3) is 0 Å². The summed E-state index contributed by atoms with van der Waals surface area (Å²) < 4.78 is 5.83. The van der Waals surface area contributed by atoms with E-state index < -0.39 is 5.54 Å². The standard InChI is InChI=1S/C17H34N2O/c1-5-7-8-9-10-11-13-20-16(3)14-17(4,15-18)19-12-6-2/h16,19H,5-14H2,1-4H3. The Balaban J connectivity index is 3.70. The number of hydrogen-bond donors (Lipinski definition) is 1. The molecular formula is C17H34N2O. The lowest BCUT2D eigenvalue weighted by Gasteiger charge is -2.26. The number of nitrogens with one attached hydrogen (secondary N) is 1. The average molecular weight is 282 g/mol. The summed E-state index contributed by atoms with van der Waals surface area (Å²) >= 11 is 0. The first kappa shape index (κ1) is 19.4. The van der Waals surface area contributed by atoms with Gasteiger partial charge in [-0.05, 0) is 33.2 Å². The zero-order valence-corrected chi connectivity index (χ0v) is 14.0. The molecule has 118 valence electrons. The molecule has 0 spiro atoms. The van der Waals surface area contributed by atoms with E-state index in [2.05, 4.69) is 32.2 Å². The zero-order valence-electron chi connectivity index (χ0n) is 14.0. The Hall–Kier alpha value is -0.590. The van der Waals surface area contributed by atoms with Crippen molar-refractivity contribution in [2.45, 2.75) is 90.7 Å². The van der Waals surface area contributed by atoms with Crippen molar-refractivity contribution in [3.8, 4) is 6.07 Å². The van der Waals surface area contributed by atoms with Gasteiger partial charge < -0.3 is 4.74 Å². The largest absolute Gasteiger partial charge is 0.378 e. The monoisotopic (exact) mass is 282 g/mol. The van der Waals surface area contributed by atoms with E-state index in [9.17, 15) is 5.26 Å². The van der Waals surface area contributed by atoms with Crippen LogP contribution in [0.1, 0.15) is 79.1 Å². The highest BCUT2D eigenvalue weighted by molar-refractivity contribution is 5.04. The molecule has 2 atom stereocenters. The van der Waals surface area contributed by atoms with E-state index in [4.69, 9.17) is 4.74 Å². The summed E-state index contributed by atoms with van der Waals surface area (Å²) in [4.78, 5) is 0. The van der Waals surface area contributed by atoms with Crippen LogP contribution < -0.4 is 5.32 Å². The van der Waals surface area contributed by atoms with Gasteiger partial charge in [-0.15, -0.1) is 0 Å². The fourth-order valence-corrected chi connectivity index (χ4v) is 2.36. The summed E-state index contributed by atoms with van der Waals surface area (Å²) in [5.74, 6) is 0. The van der Waals surface area contributed by atoms with Crippen LogP contribution >= 0.6 is 0 Å². The van der Waals surface area contributed by atoms with Gasteiger partial charge in [0.1, 0.15) is 5.54 Å². The van der Waals surface area contributed by atoms with Crippen molar-refractivity contribution in [1.29, 1.82) is 5.26 Å². The highest BCUT2D eigenvalue weighted by Crippen LogP contribution is 2.14. The molecular weight excluding hydrogens is 248 g/mol. The lowest BCUT2D eigenvalue weighted by atomic mass is 9.96. The Kier molecular flexibility index (Phi) is 11.8. The third kappa shape index (κ3) is 10.2. The molecule has 3 heteroatoms. The van der Waals surface area contributed by atoms with E-state index in [1.54, 1.807) is 0 Å². The molecule has 0 amide bonds. The van der Waals surface area contributed by atoms with Crippen molar-refractivity contribution in [3.63, 3.8) is 0 Å². The summed E-state index contributed by atoms with van der Waals surface area (Å²) in [7, 11) is 0. The van der Waals surface area contributed by atoms with Gasteiger partial charge in [-0.3, -0.25) is 5.32 Å². The van der Waals surface area contributed by atoms with Crippen molar-refractivity contribution < 1.29 is 4.74 Å². The fourth-order valence-electron chi connectivity index (χ4n) is 2.36. The molecule has 0 radical (unpaired) electrons. The number of hydrogen-bond acceptors (Lipinski definition) is 3. The minimum Gasteiger partial charge on any atom is -0.378 e. The van der Waals surface area contributed by atoms with Gasteiger partial charge in [-0.1, -0.05) is 46.0 Å². The molecule has 0 aliphatic rings. The van der Waals surface area contributed by atoms with Crippen LogP contribution in [0.2, 0.25) is 0 Å². The van der Waals surface area contributed by atoms with Crippen LogP contribution in [0.25, 0.3) is 0 Å². The van der Waals surface area contributed by atoms with Crippen LogP contribution in [-0.2, 0) is 4.74 Å². The molecule has 0 bridgehead atoms. The van der Waals surface area contributed by atoms with Crippen LogP contribution in [0.4, 0.5) is 0 Å². The SMILES string of the molecule is CCCCCCCCOC(C)CC(C)(C#N)NCCC. The topological polar surface area (TPSA) is 45.0 Å². The summed E-state index contributed by atoms with van der Waals surface area (Å²) in [6.07, 6.45) is 9.64. The van der Waals surface area contributed by atoms with Gasteiger partial charge in [-0.25, -0.2) is 0 Å². The van der Waals surface area contributed by atoms with Crippen molar-refractivity contribution in [2.75, 3.05) is 13.2 Å². The lowest BCUT2D eigenvalue weighted by Crippen LogP contribution is -2.44. The van der Waals surface area contributed by atoms with E-state index in [-0.39, 0.29) is 6.10 Å². The molecule has 0 aromatic carbocycles. The maximum absolute atomic E-state index is 9.28. The molecule has 0 aromatic heterocycles. The van der Waals surface area contributed by atoms with Crippen LogP contribution in [0, 0.1) is 11.3 Å². The number of ether oxygens (including phenoxy) is 1. The Morgan fingerprint density at radius 3 is 2.35 bits per heavy atom. The molecule has 3 nitrogen and oxygen atoms in total. The van der Waals surface area contributed by atoms with Gasteiger partial charge in [0.15, 0.2) is 0 Å². The zero-order chi connectivity index (χ0) is 15.3. The van der Waals surface area contributed by atoms with E-state index in [1.807, 2.05) is 6.92 Å². The van der Waals surface area contributed by atoms with Gasteiger partial charge >= 0.3 is 0 Å². The maximum atomic E-state index is 9.28. The van der Waals surface area contributed by atoms with Crippen LogP contribution in [0.15, 0.2) is 0 Å². The van der Waals surface area contributed by atoms with Gasteiger partial charge in [-0.2, -0.15) is 5.26 Å². The molecule has 0 aliphatic carbocycles. The smallest absolute Gasteiger partial charge is 0.106 e. The molecule has 20 heavy (non-hydrogen) atoms. The third-order valence-electron chi connectivity index (χ3n) is 3.61. The van der Waals surface area contributed by atoms with E-state index in [0.717, 1.165) is 32.4 Å². The minimum absolute atomic E-state index is 0.139. The average Bonchev–Trinajstić information content (AvgIpc) is 2.44. The van der Waals surface area contributed by atoms with Crippen LogP contribution in [0.5, 0.6) is 0 Å². The second kappa shape index (κ2) is 12.2. The van der Waals surface area contributed by atoms with Crippen molar-refractivity contribution in [1.82, 2.24) is 5.32 Å². The Bertz CT molecular complexity index is 262. The second-order valence-corrected chi connectivity index (χ2v) is 6.02. The molecule has 0 fully saturated rings. The number of nitrogens with zero attached hydrogens (tertiary/aromatic N) is 1. The Labute approximate surface area is 126 Å². The molecule has 1 N–H and O–H groups in total. The van der Waals surface area contributed by atoms with Crippen molar-refractivity contribution >= 4 is 0 Å². The highest BCUT2D eigenvalue weighted by Gasteiger charge is 2.25. The fraction of sp³-hybridized carbons (Fsp3) is 0.941. The predicted octanol–water partition coefficient (Wildman–Crippen LogP) is 4.42. The first-order valence-electron chi connectivity index (χ1n) is 8.35. The predicted molar refractivity (Wildman–Crippen MR) is 85.7 cm³/mol. The minimum atomic E-state index is -0.462. The summed E-state index contributed by atoms with van der Waals surface area (Å²) in [5, 5.41) is 12.6. The molecule has 0 rings (SSSR count). The number of rotatable bonds is 13. The highest BCUT2D eigenvalue weighted by atomic mass is 16.5. The Morgan fingerprint density at radius 2 is 1.75 bits per heavy atom. The number of nitriles is 1. The van der Waals surface area contributed by atoms with Crippen LogP contribution in [0.3, 0.4) is 0 Å². The Morgan fingerprint density at radius 1 is 1.10 bits per heavy atom. The first-order chi connectivity index (χ1) is 9.58. The molecule has 0 saturated heterocycles. The number of unbranched alkanes of at least 4 members (excludes halogenated alkanes) is 5. The molecule has 2 unspecified atom stereocenters. The van der Waals surface area contributed by atoms with Crippen LogP contribution in [-0.4, -0.2) is 24.8 Å². The molecule has 0 saturated carbocycles. The lowest BCUT2D eigenvalue weighted by molar-refractivity contribution is 0.0451. The van der Waals surface area contributed by atoms with Gasteiger partial charge in [0.2, 0.25) is 0 Å². The third-order valence-corrected chi connectivity index (χ3v) is 3.61. The van der Waals surface area contributed by atoms with Crippen molar-refractivity contribution in [3.05, 3.63) is 0 Å². The second-order valence-electron chi connectivity index (χ2n) is 6.02. The van der Waals surface area contributed by atoms with E-state index in [1.165, 1.54) is 32.1 Å². The van der Waals surface area contributed by atoms with Gasteiger partial charge in [0, 0.05) is 13.0 Å². The summed E-state index contributed by atoms with van der Waals surface area (Å²) in [6.45, 7) is 10.1. The summed E-state index contributed by atoms with van der Waals surface area (Å²) in [5.41, 5.74) is -0.462. The molecule has 0 heterocycles. The molecule has 0 aromatic rings. The quantitative estimate of drug-likeness (QED) is 0.508.